The number of amides is 1. The summed E-state index contributed by atoms with van der Waals surface area (Å²) < 4.78 is 47.6. The van der Waals surface area contributed by atoms with Crippen LogP contribution in [0.5, 0.6) is 5.75 Å². The van der Waals surface area contributed by atoms with E-state index < -0.39 is 23.5 Å². The summed E-state index contributed by atoms with van der Waals surface area (Å²) in [5, 5.41) is 19.8. The number of nitrogens with two attached hydrogens (primary N) is 1. The smallest absolute Gasteiger partial charge is 0.224 e. The molecule has 0 aliphatic carbocycles. The number of rotatable bonds is 9. The quantitative estimate of drug-likeness (QED) is 0.296. The number of benzene rings is 1. The Hall–Kier alpha value is -4.11. The van der Waals surface area contributed by atoms with Gasteiger partial charge in [0.05, 0.1) is 18.4 Å². The molecule has 1 aliphatic rings. The lowest BCUT2D eigenvalue weighted by molar-refractivity contribution is -0.132. The lowest BCUT2D eigenvalue weighted by Crippen LogP contribution is -2.42. The van der Waals surface area contributed by atoms with Crippen molar-refractivity contribution in [2.45, 2.75) is 44.4 Å². The van der Waals surface area contributed by atoms with E-state index >= 15 is 0 Å². The molecule has 0 radical (unpaired) electrons. The largest absolute Gasteiger partial charge is 0.486 e. The summed E-state index contributed by atoms with van der Waals surface area (Å²) in [4.78, 5) is 20.3. The highest BCUT2D eigenvalue weighted by atomic mass is 35.5. The molecule has 16 heteroatoms. The number of carbonyl (C=O) groups is 1. The molecule has 212 valence electrons. The number of hydrogen-bond donors (Lipinski definition) is 1. The zero-order valence-corrected chi connectivity index (χ0v) is 21.9. The second kappa shape index (κ2) is 12.8. The van der Waals surface area contributed by atoms with Crippen molar-refractivity contribution in [3.63, 3.8) is 0 Å². The third-order valence-electron chi connectivity index (χ3n) is 6.40. The first kappa shape index (κ1) is 28.9. The average Bonchev–Trinajstić information content (AvgIpc) is 3.64. The Labute approximate surface area is 232 Å². The van der Waals surface area contributed by atoms with E-state index in [9.17, 15) is 18.0 Å². The van der Waals surface area contributed by atoms with Crippen molar-refractivity contribution >= 4 is 18.3 Å². The maximum Gasteiger partial charge on any atom is 0.224 e. The molecular formula is C24H26ClF3N10O2. The van der Waals surface area contributed by atoms with Crippen LogP contribution in [0.25, 0.3) is 5.82 Å². The van der Waals surface area contributed by atoms with Crippen molar-refractivity contribution in [3.8, 4) is 11.6 Å². The van der Waals surface area contributed by atoms with Gasteiger partial charge in [-0.05, 0) is 53.5 Å². The van der Waals surface area contributed by atoms with E-state index in [4.69, 9.17) is 10.5 Å². The average molecular weight is 579 g/mol. The lowest BCUT2D eigenvalue weighted by Gasteiger charge is -2.32. The normalized spacial score (nSPS) is 14.6. The molecule has 1 amide bonds. The molecule has 1 saturated heterocycles. The molecule has 5 rings (SSSR count). The standard InChI is InChI=1S/C24H25F3N10O2.ClH/c25-20-10-22(27)21(26)8-15(20)7-16(28)9-24(38)35-5-3-18(4-6-35)37-31-11-17(32-37)13-39-19-1-2-23(29-12-19)36-14-30-33-34-36;/h1-2,8,10-12,14,16,18H,3-7,9,13,28H2;1H. The van der Waals surface area contributed by atoms with E-state index in [-0.39, 0.29) is 49.4 Å². The Morgan fingerprint density at radius 3 is 2.58 bits per heavy atom. The first-order valence-electron chi connectivity index (χ1n) is 12.3. The second-order valence-electron chi connectivity index (χ2n) is 9.19. The zero-order valence-electron chi connectivity index (χ0n) is 21.1. The monoisotopic (exact) mass is 578 g/mol. The molecule has 1 unspecified atom stereocenters. The van der Waals surface area contributed by atoms with Crippen LogP contribution >= 0.6 is 12.4 Å². The number of carbonyl (C=O) groups excluding carboxylic acids is 1. The summed E-state index contributed by atoms with van der Waals surface area (Å²) in [7, 11) is 0. The second-order valence-corrected chi connectivity index (χ2v) is 9.19. The van der Waals surface area contributed by atoms with Gasteiger partial charge in [0.15, 0.2) is 17.5 Å². The van der Waals surface area contributed by atoms with Crippen LogP contribution in [0.2, 0.25) is 0 Å². The highest BCUT2D eigenvalue weighted by molar-refractivity contribution is 5.85. The number of nitrogens with zero attached hydrogens (tertiary/aromatic N) is 9. The van der Waals surface area contributed by atoms with Crippen LogP contribution in [0.4, 0.5) is 13.2 Å². The van der Waals surface area contributed by atoms with Crippen molar-refractivity contribution in [1.82, 2.24) is 45.1 Å². The van der Waals surface area contributed by atoms with Crippen molar-refractivity contribution < 1.29 is 22.7 Å². The van der Waals surface area contributed by atoms with Crippen molar-refractivity contribution in [2.75, 3.05) is 13.1 Å². The van der Waals surface area contributed by atoms with Gasteiger partial charge in [0.25, 0.3) is 0 Å². The number of halogens is 4. The summed E-state index contributed by atoms with van der Waals surface area (Å²) in [6, 6.07) is 4.04. The molecule has 0 saturated carbocycles. The molecule has 12 nitrogen and oxygen atoms in total. The van der Waals surface area contributed by atoms with Gasteiger partial charge in [-0.15, -0.1) is 17.5 Å². The molecule has 40 heavy (non-hydrogen) atoms. The van der Waals surface area contributed by atoms with Crippen molar-refractivity contribution in [2.24, 2.45) is 5.73 Å². The van der Waals surface area contributed by atoms with Crippen LogP contribution in [0.3, 0.4) is 0 Å². The van der Waals surface area contributed by atoms with Crippen LogP contribution < -0.4 is 10.5 Å². The summed E-state index contributed by atoms with van der Waals surface area (Å²) in [6.07, 6.45) is 5.83. The molecule has 4 heterocycles. The minimum absolute atomic E-state index is 0. The summed E-state index contributed by atoms with van der Waals surface area (Å²) >= 11 is 0. The predicted octanol–water partition coefficient (Wildman–Crippen LogP) is 2.19. The van der Waals surface area contributed by atoms with E-state index in [1.807, 2.05) is 0 Å². The van der Waals surface area contributed by atoms with Crippen molar-refractivity contribution in [1.29, 1.82) is 0 Å². The number of ether oxygens (including phenoxy) is 1. The molecular weight excluding hydrogens is 553 g/mol. The van der Waals surface area contributed by atoms with Gasteiger partial charge >= 0.3 is 0 Å². The fourth-order valence-electron chi connectivity index (χ4n) is 4.34. The van der Waals surface area contributed by atoms with Gasteiger partial charge in [-0.1, -0.05) is 0 Å². The Kier molecular flexibility index (Phi) is 9.26. The molecule has 1 aromatic carbocycles. The molecule has 1 aliphatic heterocycles. The van der Waals surface area contributed by atoms with Crippen LogP contribution in [0.15, 0.2) is 43.0 Å². The van der Waals surface area contributed by atoms with E-state index in [0.717, 1.165) is 6.07 Å². The number of tetrazole rings is 1. The Bertz CT molecular complexity index is 1410. The first-order valence-corrected chi connectivity index (χ1v) is 12.3. The lowest BCUT2D eigenvalue weighted by atomic mass is 10.0. The van der Waals surface area contributed by atoms with Gasteiger partial charge in [-0.2, -0.15) is 19.7 Å². The SMILES string of the molecule is Cl.NC(CC(=O)N1CCC(n2ncc(COc3ccc(-n4cnnn4)nc3)n2)CC1)Cc1cc(F)c(F)cc1F. The van der Waals surface area contributed by atoms with E-state index in [1.165, 1.54) is 11.0 Å². The Balaban J connectivity index is 0.00000370. The number of aromatic nitrogens is 8. The van der Waals surface area contributed by atoms with Crippen LogP contribution in [-0.4, -0.2) is 70.1 Å². The maximum absolute atomic E-state index is 13.9. The number of hydrogen-bond acceptors (Lipinski definition) is 9. The maximum atomic E-state index is 13.9. The topological polar surface area (TPSA) is 143 Å². The molecule has 3 aromatic heterocycles. The van der Waals surface area contributed by atoms with Gasteiger partial charge in [0.1, 0.15) is 30.2 Å². The zero-order chi connectivity index (χ0) is 27.4. The van der Waals surface area contributed by atoms with Crippen LogP contribution in [0.1, 0.15) is 36.6 Å². The number of likely N-dealkylation sites (tertiary alicyclic amines) is 1. The molecule has 0 spiro atoms. The molecule has 4 aromatic rings. The van der Waals surface area contributed by atoms with Gasteiger partial charge in [-0.3, -0.25) is 4.79 Å². The van der Waals surface area contributed by atoms with Gasteiger partial charge in [0.2, 0.25) is 5.91 Å². The van der Waals surface area contributed by atoms with E-state index in [0.29, 0.717) is 49.3 Å². The minimum atomic E-state index is -1.26. The fourth-order valence-corrected chi connectivity index (χ4v) is 4.34. The molecule has 2 N–H and O–H groups in total. The van der Waals surface area contributed by atoms with Gasteiger partial charge in [0, 0.05) is 31.6 Å². The van der Waals surface area contributed by atoms with Gasteiger partial charge in [-0.25, -0.2) is 18.2 Å². The highest BCUT2D eigenvalue weighted by Gasteiger charge is 2.26. The predicted molar refractivity (Wildman–Crippen MR) is 136 cm³/mol. The minimum Gasteiger partial charge on any atom is -0.486 e. The Morgan fingerprint density at radius 1 is 1.10 bits per heavy atom. The summed E-state index contributed by atoms with van der Waals surface area (Å²) in [5.41, 5.74) is 6.60. The third kappa shape index (κ3) is 6.90. The first-order chi connectivity index (χ1) is 18.9. The molecule has 1 fully saturated rings. The van der Waals surface area contributed by atoms with Crippen molar-refractivity contribution in [3.05, 3.63) is 71.7 Å². The van der Waals surface area contributed by atoms with E-state index in [2.05, 4.69) is 30.7 Å². The van der Waals surface area contributed by atoms with Crippen LogP contribution in [0, 0.1) is 17.5 Å². The highest BCUT2D eigenvalue weighted by Crippen LogP contribution is 2.23. The Morgan fingerprint density at radius 2 is 1.88 bits per heavy atom. The number of piperidine rings is 1. The van der Waals surface area contributed by atoms with Gasteiger partial charge < -0.3 is 15.4 Å². The van der Waals surface area contributed by atoms with E-state index in [1.54, 1.807) is 34.2 Å². The number of pyridine rings is 1. The summed E-state index contributed by atoms with van der Waals surface area (Å²) in [6.45, 7) is 1.19. The summed E-state index contributed by atoms with van der Waals surface area (Å²) in [5.74, 6) is -2.36. The molecule has 0 bridgehead atoms. The third-order valence-corrected chi connectivity index (χ3v) is 6.40. The van der Waals surface area contributed by atoms with Crippen LogP contribution in [-0.2, 0) is 17.8 Å². The molecule has 1 atom stereocenters. The fraction of sp³-hybridized carbons (Fsp3) is 0.375.